The lowest BCUT2D eigenvalue weighted by molar-refractivity contribution is 0.0934. The monoisotopic (exact) mass is 425 g/mol. The summed E-state index contributed by atoms with van der Waals surface area (Å²) in [5.41, 5.74) is 4.30. The number of hydrogen-bond acceptors (Lipinski definition) is 4. The van der Waals surface area contributed by atoms with E-state index in [9.17, 15) is 4.79 Å². The predicted octanol–water partition coefficient (Wildman–Crippen LogP) is 4.23. The van der Waals surface area contributed by atoms with Gasteiger partial charge in [0.05, 0.1) is 22.7 Å². The molecule has 0 aliphatic heterocycles. The van der Waals surface area contributed by atoms with Crippen molar-refractivity contribution < 1.29 is 4.79 Å². The van der Waals surface area contributed by atoms with Gasteiger partial charge in [0.25, 0.3) is 5.91 Å². The van der Waals surface area contributed by atoms with E-state index in [1.54, 1.807) is 4.68 Å². The molecule has 6 nitrogen and oxygen atoms in total. The highest BCUT2D eigenvalue weighted by molar-refractivity contribution is 6.30. The van der Waals surface area contributed by atoms with Crippen LogP contribution in [0.5, 0.6) is 0 Å². The molecule has 1 saturated carbocycles. The molecule has 1 aliphatic rings. The minimum atomic E-state index is -0.110. The van der Waals surface area contributed by atoms with Gasteiger partial charge in [0.2, 0.25) is 0 Å². The second kappa shape index (κ2) is 8.36. The van der Waals surface area contributed by atoms with E-state index in [0.717, 1.165) is 53.8 Å². The van der Waals surface area contributed by atoms with Crippen LogP contribution < -0.4 is 5.32 Å². The first-order chi connectivity index (χ1) is 14.3. The summed E-state index contributed by atoms with van der Waals surface area (Å²) >= 11 is 6.07. The summed E-state index contributed by atoms with van der Waals surface area (Å²) in [5.74, 6) is 0.371. The van der Waals surface area contributed by atoms with E-state index < -0.39 is 0 Å². The topological polar surface area (TPSA) is 63.1 Å². The van der Waals surface area contributed by atoms with Crippen LogP contribution in [0.1, 0.15) is 58.5 Å². The molecule has 30 heavy (non-hydrogen) atoms. The summed E-state index contributed by atoms with van der Waals surface area (Å²) < 4.78 is 1.77. The van der Waals surface area contributed by atoms with Crippen molar-refractivity contribution in [1.29, 1.82) is 0 Å². The summed E-state index contributed by atoms with van der Waals surface area (Å²) in [7, 11) is 5.95. The summed E-state index contributed by atoms with van der Waals surface area (Å²) in [6.07, 6.45) is 3.06. The Bertz CT molecular complexity index is 1070. The second-order valence-corrected chi connectivity index (χ2v) is 8.88. The maximum absolute atomic E-state index is 13.5. The van der Waals surface area contributed by atoms with Gasteiger partial charge in [-0.25, -0.2) is 4.98 Å². The normalized spacial score (nSPS) is 15.0. The van der Waals surface area contributed by atoms with Crippen LogP contribution in [0.2, 0.25) is 5.02 Å². The molecule has 1 atom stereocenters. The van der Waals surface area contributed by atoms with E-state index in [4.69, 9.17) is 16.6 Å². The van der Waals surface area contributed by atoms with Crippen LogP contribution in [-0.2, 0) is 7.05 Å². The lowest BCUT2D eigenvalue weighted by Gasteiger charge is -2.22. The van der Waals surface area contributed by atoms with Gasteiger partial charge in [-0.2, -0.15) is 5.10 Å². The molecule has 4 rings (SSSR count). The summed E-state index contributed by atoms with van der Waals surface area (Å²) in [6, 6.07) is 9.56. The third-order valence-electron chi connectivity index (χ3n) is 5.67. The van der Waals surface area contributed by atoms with Gasteiger partial charge >= 0.3 is 0 Å². The van der Waals surface area contributed by atoms with Crippen LogP contribution in [0, 0.1) is 6.92 Å². The lowest BCUT2D eigenvalue weighted by Crippen LogP contribution is -2.31. The Morgan fingerprint density at radius 3 is 2.63 bits per heavy atom. The molecule has 158 valence electrons. The number of nitrogens with zero attached hydrogens (tertiary/aromatic N) is 4. The molecule has 3 aromatic rings. The number of aryl methyl sites for hydroxylation is 2. The highest BCUT2D eigenvalue weighted by Gasteiger charge is 2.29. The number of halogens is 1. The standard InChI is InChI=1S/C23H28ClN5O/c1-14-21-18(13-20(16-5-6-16)25-22(21)29(4)27-14)23(30)26-19(11-12-28(2)3)15-7-9-17(24)10-8-15/h7-10,13,16,19H,5-6,11-12H2,1-4H3,(H,26,30). The van der Waals surface area contributed by atoms with Gasteiger partial charge in [0.1, 0.15) is 0 Å². The van der Waals surface area contributed by atoms with Crippen molar-refractivity contribution in [3.8, 4) is 0 Å². The zero-order valence-electron chi connectivity index (χ0n) is 17.9. The number of hydrogen-bond donors (Lipinski definition) is 1. The number of aromatic nitrogens is 3. The smallest absolute Gasteiger partial charge is 0.252 e. The quantitative estimate of drug-likeness (QED) is 0.615. The zero-order chi connectivity index (χ0) is 21.4. The van der Waals surface area contributed by atoms with Gasteiger partial charge < -0.3 is 10.2 Å². The number of benzene rings is 1. The van der Waals surface area contributed by atoms with Crippen molar-refractivity contribution in [1.82, 2.24) is 25.0 Å². The largest absolute Gasteiger partial charge is 0.345 e. The van der Waals surface area contributed by atoms with Gasteiger partial charge in [-0.15, -0.1) is 0 Å². The minimum absolute atomic E-state index is 0.0842. The third-order valence-corrected chi connectivity index (χ3v) is 5.92. The Labute approximate surface area is 182 Å². The summed E-state index contributed by atoms with van der Waals surface area (Å²) in [4.78, 5) is 20.4. The number of carbonyl (C=O) groups excluding carboxylic acids is 1. The Hall–Kier alpha value is -2.44. The van der Waals surface area contributed by atoms with Crippen molar-refractivity contribution in [2.75, 3.05) is 20.6 Å². The van der Waals surface area contributed by atoms with Crippen molar-refractivity contribution in [2.24, 2.45) is 7.05 Å². The van der Waals surface area contributed by atoms with E-state index >= 15 is 0 Å². The van der Waals surface area contributed by atoms with Crippen molar-refractivity contribution in [3.05, 3.63) is 57.9 Å². The Kier molecular flexibility index (Phi) is 5.80. The SMILES string of the molecule is Cc1nn(C)c2nc(C3CC3)cc(C(=O)NC(CCN(C)C)c3ccc(Cl)cc3)c12. The highest BCUT2D eigenvalue weighted by Crippen LogP contribution is 2.40. The Morgan fingerprint density at radius 1 is 1.30 bits per heavy atom. The molecule has 1 aromatic carbocycles. The average Bonchev–Trinajstić information content (AvgIpc) is 3.51. The fourth-order valence-electron chi connectivity index (χ4n) is 3.87. The summed E-state index contributed by atoms with van der Waals surface area (Å²) in [6.45, 7) is 2.79. The van der Waals surface area contributed by atoms with Gasteiger partial charge in [-0.05, 0) is 70.6 Å². The first-order valence-corrected chi connectivity index (χ1v) is 10.8. The molecule has 1 unspecified atom stereocenters. The number of fused-ring (bicyclic) bond motifs is 1. The highest BCUT2D eigenvalue weighted by atomic mass is 35.5. The second-order valence-electron chi connectivity index (χ2n) is 8.45. The van der Waals surface area contributed by atoms with E-state index in [-0.39, 0.29) is 11.9 Å². The molecule has 0 spiro atoms. The molecule has 2 heterocycles. The zero-order valence-corrected chi connectivity index (χ0v) is 18.7. The maximum Gasteiger partial charge on any atom is 0.252 e. The van der Waals surface area contributed by atoms with Crippen LogP contribution in [0.25, 0.3) is 11.0 Å². The third kappa shape index (κ3) is 4.35. The van der Waals surface area contributed by atoms with Gasteiger partial charge in [0.15, 0.2) is 5.65 Å². The Morgan fingerprint density at radius 2 is 2.00 bits per heavy atom. The van der Waals surface area contributed by atoms with Gasteiger partial charge in [-0.3, -0.25) is 9.48 Å². The minimum Gasteiger partial charge on any atom is -0.345 e. The van der Waals surface area contributed by atoms with Crippen LogP contribution in [-0.4, -0.2) is 46.2 Å². The molecule has 0 radical (unpaired) electrons. The van der Waals surface area contributed by atoms with Crippen LogP contribution in [0.15, 0.2) is 30.3 Å². The number of pyridine rings is 1. The van der Waals surface area contributed by atoms with Crippen LogP contribution in [0.4, 0.5) is 0 Å². The number of amides is 1. The average molecular weight is 426 g/mol. The molecular formula is C23H28ClN5O. The van der Waals surface area contributed by atoms with Crippen LogP contribution >= 0.6 is 11.6 Å². The van der Waals surface area contributed by atoms with E-state index in [2.05, 4.69) is 15.3 Å². The molecule has 0 bridgehead atoms. The molecule has 1 amide bonds. The number of rotatable bonds is 7. The van der Waals surface area contributed by atoms with Gasteiger partial charge in [-0.1, -0.05) is 23.7 Å². The van der Waals surface area contributed by atoms with Crippen molar-refractivity contribution in [2.45, 2.75) is 38.1 Å². The van der Waals surface area contributed by atoms with Crippen LogP contribution in [0.3, 0.4) is 0 Å². The van der Waals surface area contributed by atoms with E-state index in [1.807, 2.05) is 58.4 Å². The number of carbonyl (C=O) groups is 1. The first kappa shape index (κ1) is 20.8. The van der Waals surface area contributed by atoms with E-state index in [0.29, 0.717) is 16.5 Å². The predicted molar refractivity (Wildman–Crippen MR) is 120 cm³/mol. The molecular weight excluding hydrogens is 398 g/mol. The van der Waals surface area contributed by atoms with Crippen molar-refractivity contribution in [3.63, 3.8) is 0 Å². The Balaban J connectivity index is 1.69. The maximum atomic E-state index is 13.5. The number of nitrogens with one attached hydrogen (secondary N) is 1. The fourth-order valence-corrected chi connectivity index (χ4v) is 4.00. The van der Waals surface area contributed by atoms with Crippen molar-refractivity contribution >= 4 is 28.5 Å². The molecule has 0 saturated heterocycles. The first-order valence-electron chi connectivity index (χ1n) is 10.4. The fraction of sp³-hybridized carbons (Fsp3) is 0.435. The molecule has 1 fully saturated rings. The summed E-state index contributed by atoms with van der Waals surface area (Å²) in [5, 5.41) is 9.30. The molecule has 7 heteroatoms. The molecule has 2 aromatic heterocycles. The van der Waals surface area contributed by atoms with Gasteiger partial charge in [0, 0.05) is 23.7 Å². The van der Waals surface area contributed by atoms with E-state index in [1.165, 1.54) is 0 Å². The molecule has 1 N–H and O–H groups in total. The molecule has 1 aliphatic carbocycles. The lowest BCUT2D eigenvalue weighted by atomic mass is 10.0.